The average Bonchev–Trinajstić information content (AvgIpc) is 2.83. The molecule has 0 bridgehead atoms. The Morgan fingerprint density at radius 1 is 1.09 bits per heavy atom. The molecule has 3 aromatic rings. The first-order valence-corrected chi connectivity index (χ1v) is 11.2. The molecule has 7 heteroatoms. The summed E-state index contributed by atoms with van der Waals surface area (Å²) in [6.07, 6.45) is 2.53. The number of rotatable bonds is 6. The van der Waals surface area contributed by atoms with Gasteiger partial charge in [-0.1, -0.05) is 24.3 Å². The number of fused-ring (bicyclic) bond motifs is 1. The van der Waals surface area contributed by atoms with Crippen molar-refractivity contribution in [1.29, 1.82) is 0 Å². The third-order valence-corrected chi connectivity index (χ3v) is 5.92. The van der Waals surface area contributed by atoms with Crippen LogP contribution < -0.4 is 21.3 Å². The first kappa shape index (κ1) is 22.5. The average molecular weight is 444 g/mol. The molecule has 0 fully saturated rings. The summed E-state index contributed by atoms with van der Waals surface area (Å²) in [5, 5.41) is 6.32. The van der Waals surface area contributed by atoms with Gasteiger partial charge in [-0.25, -0.2) is 4.98 Å². The lowest BCUT2D eigenvalue weighted by atomic mass is 9.89. The predicted octanol–water partition coefficient (Wildman–Crippen LogP) is 3.74. The molecule has 1 aromatic heterocycles. The van der Waals surface area contributed by atoms with Gasteiger partial charge in [0, 0.05) is 43.5 Å². The monoisotopic (exact) mass is 443 g/mol. The molecule has 0 saturated heterocycles. The van der Waals surface area contributed by atoms with E-state index in [1.165, 1.54) is 0 Å². The highest BCUT2D eigenvalue weighted by Gasteiger charge is 2.32. The van der Waals surface area contributed by atoms with Crippen LogP contribution in [0, 0.1) is 0 Å². The van der Waals surface area contributed by atoms with E-state index >= 15 is 0 Å². The summed E-state index contributed by atoms with van der Waals surface area (Å²) in [5.74, 6) is 0.693. The highest BCUT2D eigenvalue weighted by molar-refractivity contribution is 5.95. The molecule has 4 rings (SSSR count). The maximum atomic E-state index is 12.4. The third kappa shape index (κ3) is 4.88. The SMILES string of the molecule is CC(=O)N1c2ccc(-c3ccc(C(=O)NCCN)cc3)cc2C(Nc2ccccn2)CC1C. The molecular formula is C26H29N5O2. The van der Waals surface area contributed by atoms with Crippen LogP contribution in [0.15, 0.2) is 66.9 Å². The summed E-state index contributed by atoms with van der Waals surface area (Å²) in [4.78, 5) is 30.9. The van der Waals surface area contributed by atoms with Crippen molar-refractivity contribution in [3.8, 4) is 11.1 Å². The van der Waals surface area contributed by atoms with Gasteiger partial charge in [-0.15, -0.1) is 0 Å². The zero-order valence-electron chi connectivity index (χ0n) is 18.9. The molecule has 170 valence electrons. The molecule has 0 aliphatic carbocycles. The highest BCUT2D eigenvalue weighted by Crippen LogP contribution is 2.41. The van der Waals surface area contributed by atoms with Crippen LogP contribution in [-0.2, 0) is 4.79 Å². The normalized spacial score (nSPS) is 17.2. The van der Waals surface area contributed by atoms with Gasteiger partial charge in [0.1, 0.15) is 5.82 Å². The molecule has 0 saturated carbocycles. The van der Waals surface area contributed by atoms with Gasteiger partial charge in [0.2, 0.25) is 5.91 Å². The first-order valence-electron chi connectivity index (χ1n) is 11.2. The minimum absolute atomic E-state index is 0.0155. The van der Waals surface area contributed by atoms with E-state index < -0.39 is 0 Å². The van der Waals surface area contributed by atoms with Crippen LogP contribution in [0.25, 0.3) is 11.1 Å². The zero-order chi connectivity index (χ0) is 23.4. The van der Waals surface area contributed by atoms with Crippen LogP contribution >= 0.6 is 0 Å². The lowest BCUT2D eigenvalue weighted by Crippen LogP contribution is -2.43. The standard InChI is InChI=1S/C26H29N5O2/c1-17-15-23(30-25-5-3-4-13-28-25)22-16-21(10-11-24(22)31(17)18(2)32)19-6-8-20(9-7-19)26(33)29-14-12-27/h3-11,13,16-17,23H,12,14-15,27H2,1-2H3,(H,28,30)(H,29,33). The fourth-order valence-corrected chi connectivity index (χ4v) is 4.39. The maximum absolute atomic E-state index is 12.4. The van der Waals surface area contributed by atoms with E-state index in [1.807, 2.05) is 59.5 Å². The molecule has 33 heavy (non-hydrogen) atoms. The minimum Gasteiger partial charge on any atom is -0.363 e. The number of pyridine rings is 1. The lowest BCUT2D eigenvalue weighted by Gasteiger charge is -2.39. The van der Waals surface area contributed by atoms with Crippen LogP contribution in [0.4, 0.5) is 11.5 Å². The highest BCUT2D eigenvalue weighted by atomic mass is 16.2. The van der Waals surface area contributed by atoms with Gasteiger partial charge < -0.3 is 21.3 Å². The maximum Gasteiger partial charge on any atom is 0.251 e. The Bertz CT molecular complexity index is 1130. The van der Waals surface area contributed by atoms with E-state index in [0.717, 1.165) is 34.6 Å². The topological polar surface area (TPSA) is 100 Å². The van der Waals surface area contributed by atoms with Gasteiger partial charge in [-0.05, 0) is 66.4 Å². The van der Waals surface area contributed by atoms with Crippen molar-refractivity contribution in [2.45, 2.75) is 32.4 Å². The Morgan fingerprint density at radius 2 is 1.85 bits per heavy atom. The first-order chi connectivity index (χ1) is 16.0. The molecule has 2 atom stereocenters. The number of hydrogen-bond acceptors (Lipinski definition) is 5. The lowest BCUT2D eigenvalue weighted by molar-refractivity contribution is -0.117. The molecule has 0 radical (unpaired) electrons. The number of amides is 2. The number of benzene rings is 2. The van der Waals surface area contributed by atoms with Crippen LogP contribution in [0.3, 0.4) is 0 Å². The predicted molar refractivity (Wildman–Crippen MR) is 131 cm³/mol. The van der Waals surface area contributed by atoms with Crippen molar-refractivity contribution in [2.75, 3.05) is 23.3 Å². The van der Waals surface area contributed by atoms with E-state index in [-0.39, 0.29) is 23.9 Å². The second-order valence-electron chi connectivity index (χ2n) is 8.28. The zero-order valence-corrected chi connectivity index (χ0v) is 18.9. The van der Waals surface area contributed by atoms with Gasteiger partial charge in [-0.2, -0.15) is 0 Å². The van der Waals surface area contributed by atoms with Crippen LogP contribution in [0.2, 0.25) is 0 Å². The van der Waals surface area contributed by atoms with Crippen LogP contribution in [0.1, 0.15) is 42.2 Å². The summed E-state index contributed by atoms with van der Waals surface area (Å²) in [7, 11) is 0. The van der Waals surface area contributed by atoms with Crippen molar-refractivity contribution >= 4 is 23.3 Å². The Balaban J connectivity index is 1.68. The molecule has 2 heterocycles. The molecule has 4 N–H and O–H groups in total. The van der Waals surface area contributed by atoms with Crippen molar-refractivity contribution in [1.82, 2.24) is 10.3 Å². The van der Waals surface area contributed by atoms with Gasteiger partial charge in [-0.3, -0.25) is 9.59 Å². The van der Waals surface area contributed by atoms with Crippen LogP contribution in [0.5, 0.6) is 0 Å². The van der Waals surface area contributed by atoms with Gasteiger partial charge in [0.25, 0.3) is 5.91 Å². The summed E-state index contributed by atoms with van der Waals surface area (Å²) in [6.45, 7) is 4.53. The summed E-state index contributed by atoms with van der Waals surface area (Å²) >= 11 is 0. The third-order valence-electron chi connectivity index (χ3n) is 5.92. The molecular weight excluding hydrogens is 414 g/mol. The number of hydrogen-bond donors (Lipinski definition) is 3. The molecule has 2 amide bonds. The van der Waals surface area contributed by atoms with Crippen molar-refractivity contribution in [3.05, 3.63) is 78.0 Å². The fraction of sp³-hybridized carbons (Fsp3) is 0.269. The number of anilines is 2. The number of nitrogens with two attached hydrogens (primary N) is 1. The van der Waals surface area contributed by atoms with Crippen molar-refractivity contribution in [2.24, 2.45) is 5.73 Å². The Morgan fingerprint density at radius 3 is 2.52 bits per heavy atom. The number of carbonyl (C=O) groups is 2. The summed E-state index contributed by atoms with van der Waals surface area (Å²) in [6, 6.07) is 19.5. The fourth-order valence-electron chi connectivity index (χ4n) is 4.39. The minimum atomic E-state index is -0.136. The van der Waals surface area contributed by atoms with E-state index in [4.69, 9.17) is 5.73 Å². The van der Waals surface area contributed by atoms with Crippen LogP contribution in [-0.4, -0.2) is 35.9 Å². The Hall–Kier alpha value is -3.71. The van der Waals surface area contributed by atoms with E-state index in [2.05, 4.69) is 28.6 Å². The summed E-state index contributed by atoms with van der Waals surface area (Å²) < 4.78 is 0. The quantitative estimate of drug-likeness (QED) is 0.539. The second kappa shape index (κ2) is 9.83. The van der Waals surface area contributed by atoms with E-state index in [1.54, 1.807) is 13.1 Å². The largest absolute Gasteiger partial charge is 0.363 e. The van der Waals surface area contributed by atoms with Crippen molar-refractivity contribution in [3.63, 3.8) is 0 Å². The Labute approximate surface area is 194 Å². The van der Waals surface area contributed by atoms with Crippen molar-refractivity contribution < 1.29 is 9.59 Å². The number of nitrogens with one attached hydrogen (secondary N) is 2. The van der Waals surface area contributed by atoms with Gasteiger partial charge in [0.05, 0.1) is 6.04 Å². The molecule has 0 spiro atoms. The van der Waals surface area contributed by atoms with Gasteiger partial charge in [0.15, 0.2) is 0 Å². The summed E-state index contributed by atoms with van der Waals surface area (Å²) in [5.41, 5.74) is 10.0. The molecule has 2 unspecified atom stereocenters. The molecule has 1 aliphatic rings. The second-order valence-corrected chi connectivity index (χ2v) is 8.28. The Kier molecular flexibility index (Phi) is 6.70. The molecule has 7 nitrogen and oxygen atoms in total. The number of aromatic nitrogens is 1. The van der Waals surface area contributed by atoms with Gasteiger partial charge >= 0.3 is 0 Å². The molecule has 2 aromatic carbocycles. The van der Waals surface area contributed by atoms with E-state index in [0.29, 0.717) is 18.7 Å². The van der Waals surface area contributed by atoms with E-state index in [9.17, 15) is 9.59 Å². The smallest absolute Gasteiger partial charge is 0.251 e. The number of carbonyl (C=O) groups excluding carboxylic acids is 2. The number of nitrogens with zero attached hydrogens (tertiary/aromatic N) is 2. The molecule has 1 aliphatic heterocycles.